The lowest BCUT2D eigenvalue weighted by molar-refractivity contribution is 0.691. The van der Waals surface area contributed by atoms with E-state index in [1.807, 2.05) is 6.07 Å². The maximum absolute atomic E-state index is 4.88. The van der Waals surface area contributed by atoms with Crippen molar-refractivity contribution < 1.29 is 0 Å². The lowest BCUT2D eigenvalue weighted by Crippen LogP contribution is -2.20. The van der Waals surface area contributed by atoms with Crippen LogP contribution in [0, 0.1) is 5.92 Å². The average molecular weight is 375 g/mol. The van der Waals surface area contributed by atoms with Gasteiger partial charge in [-0.25, -0.2) is 4.98 Å². The second-order valence-corrected chi connectivity index (χ2v) is 7.65. The van der Waals surface area contributed by atoms with E-state index in [1.54, 1.807) is 6.20 Å². The zero-order valence-electron chi connectivity index (χ0n) is 16.0. The molecule has 1 aromatic carbocycles. The minimum absolute atomic E-state index is 0.403. The van der Waals surface area contributed by atoms with Gasteiger partial charge >= 0.3 is 0 Å². The van der Waals surface area contributed by atoms with Gasteiger partial charge in [-0.05, 0) is 50.3 Å². The molecule has 2 aliphatic rings. The number of fused-ring (bicyclic) bond motifs is 1. The normalized spacial score (nSPS) is 18.0. The third-order valence-electron chi connectivity index (χ3n) is 5.58. The van der Waals surface area contributed by atoms with Crippen LogP contribution < -0.4 is 16.0 Å². The molecule has 144 valence electrons. The van der Waals surface area contributed by atoms with Gasteiger partial charge in [0, 0.05) is 29.6 Å². The zero-order chi connectivity index (χ0) is 18.9. The van der Waals surface area contributed by atoms with E-state index in [1.165, 1.54) is 24.0 Å². The van der Waals surface area contributed by atoms with Crippen molar-refractivity contribution in [3.05, 3.63) is 42.1 Å². The van der Waals surface area contributed by atoms with Crippen molar-refractivity contribution in [3.8, 4) is 0 Å². The fourth-order valence-electron chi connectivity index (χ4n) is 3.82. The summed E-state index contributed by atoms with van der Waals surface area (Å²) in [6.07, 6.45) is 7.57. The molecule has 1 saturated carbocycles. The third-order valence-corrected chi connectivity index (χ3v) is 5.58. The molecule has 1 atom stereocenters. The molecule has 4 N–H and O–H groups in total. The largest absolute Gasteiger partial charge is 0.367 e. The first-order valence-corrected chi connectivity index (χ1v) is 10.0. The van der Waals surface area contributed by atoms with E-state index >= 15 is 0 Å². The number of benzene rings is 1. The van der Waals surface area contributed by atoms with Crippen molar-refractivity contribution >= 4 is 34.1 Å². The Balaban J connectivity index is 1.61. The summed E-state index contributed by atoms with van der Waals surface area (Å²) < 4.78 is 0. The number of hydrogen-bond donors (Lipinski definition) is 4. The van der Waals surface area contributed by atoms with Gasteiger partial charge in [0.05, 0.1) is 11.7 Å². The molecule has 0 unspecified atom stereocenters. The van der Waals surface area contributed by atoms with Crippen LogP contribution in [-0.2, 0) is 0 Å². The van der Waals surface area contributed by atoms with Gasteiger partial charge in [0.2, 0.25) is 5.95 Å². The second-order valence-electron chi connectivity index (χ2n) is 7.65. The van der Waals surface area contributed by atoms with Crippen molar-refractivity contribution in [1.82, 2.24) is 25.5 Å². The van der Waals surface area contributed by atoms with Gasteiger partial charge in [0.25, 0.3) is 0 Å². The SMILES string of the molecule is C[C@@H](Nc1nc(Nc2ccn[nH]2)nc2c(C3=CCNCC3)cccc12)C1CC1. The molecule has 0 saturated heterocycles. The summed E-state index contributed by atoms with van der Waals surface area (Å²) in [6, 6.07) is 8.66. The Bertz CT molecular complexity index is 1010. The molecule has 0 amide bonds. The molecule has 5 rings (SSSR count). The van der Waals surface area contributed by atoms with E-state index in [0.29, 0.717) is 12.0 Å². The molecule has 1 aliphatic heterocycles. The van der Waals surface area contributed by atoms with Crippen LogP contribution in [0.5, 0.6) is 0 Å². The van der Waals surface area contributed by atoms with Crippen LogP contribution in [-0.4, -0.2) is 39.3 Å². The maximum Gasteiger partial charge on any atom is 0.230 e. The Kier molecular flexibility index (Phi) is 4.44. The lowest BCUT2D eigenvalue weighted by Gasteiger charge is -2.19. The number of para-hydroxylation sites is 1. The number of nitrogens with one attached hydrogen (secondary N) is 4. The Morgan fingerprint density at radius 1 is 1.18 bits per heavy atom. The molecular formula is C21H25N7. The number of H-pyrrole nitrogens is 1. The first kappa shape index (κ1) is 17.2. The minimum Gasteiger partial charge on any atom is -0.367 e. The van der Waals surface area contributed by atoms with Gasteiger partial charge in [0.15, 0.2) is 0 Å². The van der Waals surface area contributed by atoms with Crippen LogP contribution >= 0.6 is 0 Å². The summed E-state index contributed by atoms with van der Waals surface area (Å²) in [7, 11) is 0. The summed E-state index contributed by atoms with van der Waals surface area (Å²) in [6.45, 7) is 4.14. The highest BCUT2D eigenvalue weighted by atomic mass is 15.2. The van der Waals surface area contributed by atoms with Crippen LogP contribution in [0.3, 0.4) is 0 Å². The first-order valence-electron chi connectivity index (χ1n) is 10.0. The molecule has 0 bridgehead atoms. The van der Waals surface area contributed by atoms with Gasteiger partial charge in [0.1, 0.15) is 11.6 Å². The predicted molar refractivity (Wildman–Crippen MR) is 113 cm³/mol. The van der Waals surface area contributed by atoms with Gasteiger partial charge < -0.3 is 16.0 Å². The minimum atomic E-state index is 0.403. The second kappa shape index (κ2) is 7.24. The van der Waals surface area contributed by atoms with E-state index in [9.17, 15) is 0 Å². The van der Waals surface area contributed by atoms with Crippen molar-refractivity contribution in [1.29, 1.82) is 0 Å². The molecule has 0 radical (unpaired) electrons. The monoisotopic (exact) mass is 375 g/mol. The van der Waals surface area contributed by atoms with Crippen LogP contribution in [0.25, 0.3) is 16.5 Å². The van der Waals surface area contributed by atoms with Crippen LogP contribution in [0.1, 0.15) is 31.7 Å². The summed E-state index contributed by atoms with van der Waals surface area (Å²) >= 11 is 0. The van der Waals surface area contributed by atoms with Crippen molar-refractivity contribution in [2.45, 2.75) is 32.2 Å². The Morgan fingerprint density at radius 3 is 2.86 bits per heavy atom. The van der Waals surface area contributed by atoms with E-state index in [-0.39, 0.29) is 0 Å². The van der Waals surface area contributed by atoms with Crippen molar-refractivity contribution in [2.24, 2.45) is 5.92 Å². The fourth-order valence-corrected chi connectivity index (χ4v) is 3.82. The molecule has 3 heterocycles. The van der Waals surface area contributed by atoms with Gasteiger partial charge in [-0.2, -0.15) is 10.1 Å². The molecule has 0 spiro atoms. The van der Waals surface area contributed by atoms with Gasteiger partial charge in [-0.3, -0.25) is 5.10 Å². The van der Waals surface area contributed by atoms with Crippen LogP contribution in [0.15, 0.2) is 36.5 Å². The quantitative estimate of drug-likeness (QED) is 0.525. The molecule has 7 nitrogen and oxygen atoms in total. The molecule has 28 heavy (non-hydrogen) atoms. The predicted octanol–water partition coefficient (Wildman–Crippen LogP) is 3.68. The number of aromatic nitrogens is 4. The van der Waals surface area contributed by atoms with Crippen LogP contribution in [0.2, 0.25) is 0 Å². The summed E-state index contributed by atoms with van der Waals surface area (Å²) in [4.78, 5) is 9.68. The highest BCUT2D eigenvalue weighted by Gasteiger charge is 2.28. The fraction of sp³-hybridized carbons (Fsp3) is 0.381. The van der Waals surface area contributed by atoms with Crippen LogP contribution in [0.4, 0.5) is 17.6 Å². The maximum atomic E-state index is 4.88. The van der Waals surface area contributed by atoms with E-state index in [2.05, 4.69) is 57.3 Å². The standard InChI is InChI=1S/C21H25N7/c1-13(14-5-6-14)24-20-17-4-2-3-16(15-7-10-22-11-8-15)19(17)26-21(27-20)25-18-9-12-23-28-18/h2-4,7,9,12-14,22H,5-6,8,10-11H2,1H3,(H3,23,24,25,26,27,28)/t13-/m1/s1. The number of aromatic amines is 1. The van der Waals surface area contributed by atoms with E-state index < -0.39 is 0 Å². The molecule has 3 aromatic rings. The van der Waals surface area contributed by atoms with Gasteiger partial charge in [-0.1, -0.05) is 18.2 Å². The highest BCUT2D eigenvalue weighted by molar-refractivity contribution is 5.98. The van der Waals surface area contributed by atoms with Crippen molar-refractivity contribution in [3.63, 3.8) is 0 Å². The van der Waals surface area contributed by atoms with Crippen molar-refractivity contribution in [2.75, 3.05) is 23.7 Å². The number of anilines is 3. The highest BCUT2D eigenvalue weighted by Crippen LogP contribution is 2.36. The Morgan fingerprint density at radius 2 is 2.11 bits per heavy atom. The van der Waals surface area contributed by atoms with E-state index in [0.717, 1.165) is 48.0 Å². The average Bonchev–Trinajstić information content (AvgIpc) is 3.46. The lowest BCUT2D eigenvalue weighted by atomic mass is 9.97. The summed E-state index contributed by atoms with van der Waals surface area (Å²) in [5.74, 6) is 2.98. The number of nitrogens with zero attached hydrogens (tertiary/aromatic N) is 3. The smallest absolute Gasteiger partial charge is 0.230 e. The van der Waals surface area contributed by atoms with Gasteiger partial charge in [-0.15, -0.1) is 0 Å². The molecule has 1 aliphatic carbocycles. The molecular weight excluding hydrogens is 350 g/mol. The topological polar surface area (TPSA) is 90.5 Å². The molecule has 2 aromatic heterocycles. The number of hydrogen-bond acceptors (Lipinski definition) is 6. The van der Waals surface area contributed by atoms with E-state index in [4.69, 9.17) is 9.97 Å². The molecule has 7 heteroatoms. The first-order chi connectivity index (χ1) is 13.8. The number of rotatable bonds is 6. The zero-order valence-corrected chi connectivity index (χ0v) is 16.0. The summed E-state index contributed by atoms with van der Waals surface area (Å²) in [5.41, 5.74) is 3.52. The third kappa shape index (κ3) is 3.45. The molecule has 1 fully saturated rings. The summed E-state index contributed by atoms with van der Waals surface area (Å²) in [5, 5.41) is 18.3. The Labute approximate surface area is 164 Å². The Hall–Kier alpha value is -2.93.